The lowest BCUT2D eigenvalue weighted by atomic mass is 10.0. The molecule has 0 atom stereocenters. The van der Waals surface area contributed by atoms with Crippen LogP contribution in [-0.4, -0.2) is 42.6 Å². The van der Waals surface area contributed by atoms with E-state index in [0.717, 1.165) is 29.7 Å². The lowest BCUT2D eigenvalue weighted by Gasteiger charge is -2.32. The first-order valence-corrected chi connectivity index (χ1v) is 10.5. The van der Waals surface area contributed by atoms with Crippen LogP contribution in [0.4, 0.5) is 4.79 Å². The topological polar surface area (TPSA) is 67.9 Å². The Morgan fingerprint density at radius 1 is 1.00 bits per heavy atom. The highest BCUT2D eigenvalue weighted by atomic mass is 16.6. The van der Waals surface area contributed by atoms with Gasteiger partial charge >= 0.3 is 6.09 Å². The molecule has 2 aromatic rings. The highest BCUT2D eigenvalue weighted by Crippen LogP contribution is 2.22. The first kappa shape index (κ1) is 21.7. The quantitative estimate of drug-likeness (QED) is 0.693. The van der Waals surface area contributed by atoms with Crippen LogP contribution in [-0.2, 0) is 4.79 Å². The Kier molecular flexibility index (Phi) is 7.71. The summed E-state index contributed by atoms with van der Waals surface area (Å²) in [5.41, 5.74) is 2.23. The highest BCUT2D eigenvalue weighted by Gasteiger charge is 2.24. The molecular formula is C24H30N2O4. The van der Waals surface area contributed by atoms with Gasteiger partial charge in [-0.1, -0.05) is 36.4 Å². The summed E-state index contributed by atoms with van der Waals surface area (Å²) in [4.78, 5) is 26.4. The minimum atomic E-state index is -0.449. The summed E-state index contributed by atoms with van der Waals surface area (Å²) in [7, 11) is 0. The zero-order valence-corrected chi connectivity index (χ0v) is 17.7. The molecule has 1 saturated heterocycles. The lowest BCUT2D eigenvalue weighted by molar-refractivity contribution is -0.132. The number of amides is 2. The molecule has 0 aliphatic carbocycles. The van der Waals surface area contributed by atoms with Crippen LogP contribution in [0.2, 0.25) is 0 Å². The maximum absolute atomic E-state index is 12.5. The molecule has 30 heavy (non-hydrogen) atoms. The summed E-state index contributed by atoms with van der Waals surface area (Å²) in [6.45, 7) is 5.88. The Hall–Kier alpha value is -3.02. The van der Waals surface area contributed by atoms with Crippen LogP contribution < -0.4 is 14.8 Å². The van der Waals surface area contributed by atoms with Gasteiger partial charge in [0.15, 0.2) is 0 Å². The number of rotatable bonds is 7. The van der Waals surface area contributed by atoms with Gasteiger partial charge in [0.1, 0.15) is 11.5 Å². The van der Waals surface area contributed by atoms with Crippen molar-refractivity contribution in [2.24, 2.45) is 0 Å². The first-order valence-electron chi connectivity index (χ1n) is 10.5. The van der Waals surface area contributed by atoms with Crippen molar-refractivity contribution in [1.29, 1.82) is 0 Å². The number of nitrogens with one attached hydrogen (secondary N) is 1. The number of para-hydroxylation sites is 2. The molecule has 0 radical (unpaired) electrons. The third kappa shape index (κ3) is 6.24. The van der Waals surface area contributed by atoms with Crippen LogP contribution in [0.3, 0.4) is 0 Å². The van der Waals surface area contributed by atoms with E-state index in [2.05, 4.69) is 5.32 Å². The second-order valence-corrected chi connectivity index (χ2v) is 7.67. The van der Waals surface area contributed by atoms with Gasteiger partial charge in [-0.2, -0.15) is 0 Å². The van der Waals surface area contributed by atoms with Gasteiger partial charge in [-0.25, -0.2) is 4.79 Å². The second-order valence-electron chi connectivity index (χ2n) is 7.67. The number of ether oxygens (including phenoxy) is 2. The molecule has 2 aromatic carbocycles. The van der Waals surface area contributed by atoms with Gasteiger partial charge in [0.2, 0.25) is 5.91 Å². The van der Waals surface area contributed by atoms with Crippen molar-refractivity contribution >= 4 is 12.0 Å². The van der Waals surface area contributed by atoms with Crippen LogP contribution >= 0.6 is 0 Å². The molecule has 1 N–H and O–H groups in total. The van der Waals surface area contributed by atoms with E-state index in [4.69, 9.17) is 9.47 Å². The van der Waals surface area contributed by atoms with E-state index in [9.17, 15) is 9.59 Å². The van der Waals surface area contributed by atoms with Crippen molar-refractivity contribution < 1.29 is 19.1 Å². The summed E-state index contributed by atoms with van der Waals surface area (Å²) < 4.78 is 11.1. The van der Waals surface area contributed by atoms with Crippen molar-refractivity contribution in [3.8, 4) is 11.5 Å². The van der Waals surface area contributed by atoms with E-state index in [1.54, 1.807) is 12.1 Å². The van der Waals surface area contributed by atoms with E-state index in [0.29, 0.717) is 38.3 Å². The molecule has 6 nitrogen and oxygen atoms in total. The van der Waals surface area contributed by atoms with Crippen molar-refractivity contribution in [2.75, 3.05) is 19.7 Å². The standard InChI is InChI=1S/C24H30N2O4/c1-18-8-6-9-19(2)23(18)29-17-7-12-22(27)26-15-13-20(14-16-26)25-24(28)30-21-10-4-3-5-11-21/h3-6,8-11,20H,7,12-17H2,1-2H3,(H,25,28). The van der Waals surface area contributed by atoms with Crippen LogP contribution in [0.1, 0.15) is 36.8 Å². The van der Waals surface area contributed by atoms with Gasteiger partial charge in [0.05, 0.1) is 6.61 Å². The maximum Gasteiger partial charge on any atom is 0.412 e. The normalized spacial score (nSPS) is 14.3. The average Bonchev–Trinajstić information content (AvgIpc) is 2.74. The monoisotopic (exact) mass is 410 g/mol. The van der Waals surface area contributed by atoms with E-state index in [1.165, 1.54) is 0 Å². The minimum Gasteiger partial charge on any atom is -0.493 e. The Morgan fingerprint density at radius 2 is 1.67 bits per heavy atom. The Labute approximate surface area is 178 Å². The molecule has 2 amide bonds. The molecule has 160 valence electrons. The van der Waals surface area contributed by atoms with Crippen LogP contribution in [0, 0.1) is 13.8 Å². The Bertz CT molecular complexity index is 825. The fourth-order valence-electron chi connectivity index (χ4n) is 3.65. The van der Waals surface area contributed by atoms with Gasteiger partial charge in [-0.15, -0.1) is 0 Å². The number of aryl methyl sites for hydroxylation is 2. The molecule has 1 aliphatic rings. The summed E-state index contributed by atoms with van der Waals surface area (Å²) in [5.74, 6) is 1.58. The Morgan fingerprint density at radius 3 is 2.33 bits per heavy atom. The predicted molar refractivity (Wildman–Crippen MR) is 116 cm³/mol. The summed E-state index contributed by atoms with van der Waals surface area (Å²) in [6.07, 6.45) is 2.17. The Balaban J connectivity index is 1.33. The molecule has 0 aromatic heterocycles. The molecule has 3 rings (SSSR count). The van der Waals surface area contributed by atoms with Crippen molar-refractivity contribution in [1.82, 2.24) is 10.2 Å². The molecule has 0 unspecified atom stereocenters. The predicted octanol–water partition coefficient (Wildman–Crippen LogP) is 4.24. The van der Waals surface area contributed by atoms with Gasteiger partial charge in [0, 0.05) is 25.6 Å². The van der Waals surface area contributed by atoms with E-state index >= 15 is 0 Å². The summed E-state index contributed by atoms with van der Waals surface area (Å²) in [6, 6.07) is 15.1. The van der Waals surface area contributed by atoms with Gasteiger partial charge < -0.3 is 19.7 Å². The molecule has 0 bridgehead atoms. The molecule has 1 fully saturated rings. The largest absolute Gasteiger partial charge is 0.493 e. The van der Waals surface area contributed by atoms with Crippen molar-refractivity contribution in [2.45, 2.75) is 45.6 Å². The van der Waals surface area contributed by atoms with Crippen LogP contribution in [0.15, 0.2) is 48.5 Å². The van der Waals surface area contributed by atoms with E-state index < -0.39 is 6.09 Å². The van der Waals surface area contributed by atoms with Crippen molar-refractivity contribution in [3.05, 3.63) is 59.7 Å². The van der Waals surface area contributed by atoms with E-state index in [-0.39, 0.29) is 11.9 Å². The number of benzene rings is 2. The van der Waals surface area contributed by atoms with Gasteiger partial charge in [-0.05, 0) is 56.4 Å². The third-order valence-corrected chi connectivity index (χ3v) is 5.31. The number of carbonyl (C=O) groups excluding carboxylic acids is 2. The second kappa shape index (κ2) is 10.7. The number of nitrogens with zero attached hydrogens (tertiary/aromatic N) is 1. The van der Waals surface area contributed by atoms with Gasteiger partial charge in [0.25, 0.3) is 0 Å². The zero-order valence-electron chi connectivity index (χ0n) is 17.7. The number of likely N-dealkylation sites (tertiary alicyclic amines) is 1. The number of piperidine rings is 1. The molecule has 6 heteroatoms. The van der Waals surface area contributed by atoms with Gasteiger partial charge in [-0.3, -0.25) is 4.79 Å². The summed E-state index contributed by atoms with van der Waals surface area (Å²) >= 11 is 0. The summed E-state index contributed by atoms with van der Waals surface area (Å²) in [5, 5.41) is 2.89. The van der Waals surface area contributed by atoms with Crippen LogP contribution in [0.25, 0.3) is 0 Å². The molecule has 1 heterocycles. The van der Waals surface area contributed by atoms with Crippen molar-refractivity contribution in [3.63, 3.8) is 0 Å². The smallest absolute Gasteiger partial charge is 0.412 e. The molecular weight excluding hydrogens is 380 g/mol. The fraction of sp³-hybridized carbons (Fsp3) is 0.417. The fourth-order valence-corrected chi connectivity index (χ4v) is 3.65. The average molecular weight is 411 g/mol. The lowest BCUT2D eigenvalue weighted by Crippen LogP contribution is -2.47. The zero-order chi connectivity index (χ0) is 21.3. The molecule has 1 aliphatic heterocycles. The third-order valence-electron chi connectivity index (χ3n) is 5.31. The first-order chi connectivity index (χ1) is 14.5. The van der Waals surface area contributed by atoms with Crippen LogP contribution in [0.5, 0.6) is 11.5 Å². The highest BCUT2D eigenvalue weighted by molar-refractivity contribution is 5.76. The number of hydrogen-bond acceptors (Lipinski definition) is 4. The number of hydrogen-bond donors (Lipinski definition) is 1. The number of carbonyl (C=O) groups is 2. The molecule has 0 spiro atoms. The minimum absolute atomic E-state index is 0.0256. The SMILES string of the molecule is Cc1cccc(C)c1OCCCC(=O)N1CCC(NC(=O)Oc2ccccc2)CC1. The van der Waals surface area contributed by atoms with E-state index in [1.807, 2.05) is 55.1 Å². The maximum atomic E-state index is 12.5. The molecule has 0 saturated carbocycles.